The molecule has 0 aromatic heterocycles. The SMILES string of the molecule is CCC(=O)N1CCC(NC(=NC)NCC(C)Oc2cccc(OC)c2)C1. The van der Waals surface area contributed by atoms with Crippen LogP contribution >= 0.6 is 0 Å². The zero-order valence-corrected chi connectivity index (χ0v) is 16.1. The van der Waals surface area contributed by atoms with E-state index in [1.807, 2.05) is 43.0 Å². The van der Waals surface area contributed by atoms with Gasteiger partial charge in [-0.05, 0) is 25.5 Å². The number of carbonyl (C=O) groups is 1. The van der Waals surface area contributed by atoms with E-state index in [0.29, 0.717) is 13.0 Å². The van der Waals surface area contributed by atoms with Gasteiger partial charge in [-0.1, -0.05) is 13.0 Å². The van der Waals surface area contributed by atoms with Crippen molar-refractivity contribution in [2.45, 2.75) is 38.8 Å². The van der Waals surface area contributed by atoms with Crippen LogP contribution in [0.5, 0.6) is 11.5 Å². The number of likely N-dealkylation sites (tertiary alicyclic amines) is 1. The van der Waals surface area contributed by atoms with Gasteiger partial charge >= 0.3 is 0 Å². The molecule has 2 rings (SSSR count). The van der Waals surface area contributed by atoms with Crippen molar-refractivity contribution in [1.82, 2.24) is 15.5 Å². The second-order valence-corrected chi connectivity index (χ2v) is 6.38. The predicted octanol–water partition coefficient (Wildman–Crippen LogP) is 1.64. The van der Waals surface area contributed by atoms with Crippen molar-refractivity contribution in [3.63, 3.8) is 0 Å². The lowest BCUT2D eigenvalue weighted by atomic mass is 10.3. The summed E-state index contributed by atoms with van der Waals surface area (Å²) in [5.74, 6) is 2.47. The van der Waals surface area contributed by atoms with Gasteiger partial charge in [0.1, 0.15) is 17.6 Å². The average Bonchev–Trinajstić information content (AvgIpc) is 3.13. The van der Waals surface area contributed by atoms with Gasteiger partial charge < -0.3 is 25.0 Å². The molecule has 0 spiro atoms. The highest BCUT2D eigenvalue weighted by atomic mass is 16.5. The van der Waals surface area contributed by atoms with E-state index in [1.165, 1.54) is 0 Å². The molecule has 0 bridgehead atoms. The van der Waals surface area contributed by atoms with Crippen molar-refractivity contribution >= 4 is 11.9 Å². The van der Waals surface area contributed by atoms with Crippen LogP contribution in [0.25, 0.3) is 0 Å². The van der Waals surface area contributed by atoms with Gasteiger partial charge in [-0.3, -0.25) is 9.79 Å². The molecule has 2 atom stereocenters. The Labute approximate surface area is 155 Å². The second kappa shape index (κ2) is 9.89. The molecule has 1 fully saturated rings. The number of benzene rings is 1. The van der Waals surface area contributed by atoms with Crippen molar-refractivity contribution in [2.24, 2.45) is 4.99 Å². The van der Waals surface area contributed by atoms with E-state index in [2.05, 4.69) is 15.6 Å². The number of hydrogen-bond acceptors (Lipinski definition) is 4. The summed E-state index contributed by atoms with van der Waals surface area (Å²) in [5.41, 5.74) is 0. The molecule has 1 aromatic rings. The third kappa shape index (κ3) is 5.82. The molecular weight excluding hydrogens is 332 g/mol. The molecule has 0 saturated carbocycles. The topological polar surface area (TPSA) is 75.2 Å². The number of ether oxygens (including phenoxy) is 2. The molecule has 0 aliphatic carbocycles. The zero-order valence-electron chi connectivity index (χ0n) is 16.1. The molecule has 2 unspecified atom stereocenters. The van der Waals surface area contributed by atoms with Gasteiger partial charge in [-0.15, -0.1) is 0 Å². The summed E-state index contributed by atoms with van der Waals surface area (Å²) in [5, 5.41) is 6.66. The quantitative estimate of drug-likeness (QED) is 0.570. The monoisotopic (exact) mass is 362 g/mol. The lowest BCUT2D eigenvalue weighted by Crippen LogP contribution is -2.47. The van der Waals surface area contributed by atoms with E-state index in [9.17, 15) is 4.79 Å². The van der Waals surface area contributed by atoms with Crippen LogP contribution in [0.1, 0.15) is 26.7 Å². The lowest BCUT2D eigenvalue weighted by molar-refractivity contribution is -0.129. The molecule has 26 heavy (non-hydrogen) atoms. The Bertz CT molecular complexity index is 621. The summed E-state index contributed by atoms with van der Waals surface area (Å²) in [4.78, 5) is 17.9. The minimum Gasteiger partial charge on any atom is -0.497 e. The van der Waals surface area contributed by atoms with Crippen LogP contribution in [0.4, 0.5) is 0 Å². The van der Waals surface area contributed by atoms with Crippen molar-refractivity contribution in [1.29, 1.82) is 0 Å². The Balaban J connectivity index is 1.77. The maximum absolute atomic E-state index is 11.8. The Morgan fingerprint density at radius 2 is 2.19 bits per heavy atom. The zero-order chi connectivity index (χ0) is 18.9. The maximum Gasteiger partial charge on any atom is 0.222 e. The largest absolute Gasteiger partial charge is 0.497 e. The first-order valence-electron chi connectivity index (χ1n) is 9.11. The summed E-state index contributed by atoms with van der Waals surface area (Å²) in [6.07, 6.45) is 1.45. The summed E-state index contributed by atoms with van der Waals surface area (Å²) in [6, 6.07) is 7.78. The Morgan fingerprint density at radius 1 is 1.42 bits per heavy atom. The van der Waals surface area contributed by atoms with E-state index in [4.69, 9.17) is 9.47 Å². The molecule has 1 aliphatic rings. The number of methoxy groups -OCH3 is 1. The standard InChI is InChI=1S/C19H30N4O3/c1-5-18(24)23-10-9-15(13-23)22-19(20-3)21-12-14(2)26-17-8-6-7-16(11-17)25-4/h6-8,11,14-15H,5,9-10,12-13H2,1-4H3,(H2,20,21,22). The summed E-state index contributed by atoms with van der Waals surface area (Å²) >= 11 is 0. The summed E-state index contributed by atoms with van der Waals surface area (Å²) in [6.45, 7) is 6.03. The number of carbonyl (C=O) groups excluding carboxylic acids is 1. The minimum atomic E-state index is -0.0394. The fourth-order valence-corrected chi connectivity index (χ4v) is 2.91. The van der Waals surface area contributed by atoms with Crippen molar-refractivity contribution in [2.75, 3.05) is 33.8 Å². The third-order valence-electron chi connectivity index (χ3n) is 4.34. The Hall–Kier alpha value is -2.44. The number of guanidine groups is 1. The van der Waals surface area contributed by atoms with Gasteiger partial charge in [0.15, 0.2) is 5.96 Å². The molecule has 0 radical (unpaired) electrons. The van der Waals surface area contributed by atoms with Crippen molar-refractivity contribution in [3.8, 4) is 11.5 Å². The fraction of sp³-hybridized carbons (Fsp3) is 0.579. The summed E-state index contributed by atoms with van der Waals surface area (Å²) in [7, 11) is 3.38. The molecule has 1 aromatic carbocycles. The number of rotatable bonds is 7. The van der Waals surface area contributed by atoms with Gasteiger partial charge in [-0.25, -0.2) is 0 Å². The van der Waals surface area contributed by atoms with Gasteiger partial charge in [0, 0.05) is 38.7 Å². The van der Waals surface area contributed by atoms with E-state index in [0.717, 1.165) is 37.0 Å². The molecule has 1 aliphatic heterocycles. The smallest absolute Gasteiger partial charge is 0.222 e. The van der Waals surface area contributed by atoms with Gasteiger partial charge in [0.05, 0.1) is 13.7 Å². The first-order valence-corrected chi connectivity index (χ1v) is 9.11. The van der Waals surface area contributed by atoms with Crippen molar-refractivity contribution < 1.29 is 14.3 Å². The number of aliphatic imine (C=N–C) groups is 1. The van der Waals surface area contributed by atoms with Crippen molar-refractivity contribution in [3.05, 3.63) is 24.3 Å². The minimum absolute atomic E-state index is 0.0394. The number of hydrogen-bond donors (Lipinski definition) is 2. The summed E-state index contributed by atoms with van der Waals surface area (Å²) < 4.78 is 11.1. The fourth-order valence-electron chi connectivity index (χ4n) is 2.91. The molecule has 1 saturated heterocycles. The van der Waals surface area contributed by atoms with Crippen LogP contribution in [0, 0.1) is 0 Å². The highest BCUT2D eigenvalue weighted by Crippen LogP contribution is 2.19. The van der Waals surface area contributed by atoms with Gasteiger partial charge in [-0.2, -0.15) is 0 Å². The number of nitrogens with zero attached hydrogens (tertiary/aromatic N) is 2. The van der Waals surface area contributed by atoms with Gasteiger partial charge in [0.2, 0.25) is 5.91 Å². The lowest BCUT2D eigenvalue weighted by Gasteiger charge is -2.21. The highest BCUT2D eigenvalue weighted by Gasteiger charge is 2.25. The van der Waals surface area contributed by atoms with Crippen LogP contribution < -0.4 is 20.1 Å². The third-order valence-corrected chi connectivity index (χ3v) is 4.34. The van der Waals surface area contributed by atoms with Crippen LogP contribution in [-0.4, -0.2) is 62.7 Å². The molecule has 7 nitrogen and oxygen atoms in total. The molecule has 1 heterocycles. The normalized spacial score (nSPS) is 18.4. The highest BCUT2D eigenvalue weighted by molar-refractivity contribution is 5.80. The van der Waals surface area contributed by atoms with Crippen LogP contribution in [0.2, 0.25) is 0 Å². The first-order chi connectivity index (χ1) is 12.5. The van der Waals surface area contributed by atoms with E-state index >= 15 is 0 Å². The molecule has 2 N–H and O–H groups in total. The maximum atomic E-state index is 11.8. The van der Waals surface area contributed by atoms with E-state index in [1.54, 1.807) is 14.2 Å². The van der Waals surface area contributed by atoms with Crippen LogP contribution in [0.15, 0.2) is 29.3 Å². The van der Waals surface area contributed by atoms with E-state index < -0.39 is 0 Å². The molecule has 1 amide bonds. The Morgan fingerprint density at radius 3 is 2.88 bits per heavy atom. The predicted molar refractivity (Wildman–Crippen MR) is 103 cm³/mol. The van der Waals surface area contributed by atoms with Crippen LogP contribution in [0.3, 0.4) is 0 Å². The molecular formula is C19H30N4O3. The van der Waals surface area contributed by atoms with Gasteiger partial charge in [0.25, 0.3) is 0 Å². The second-order valence-electron chi connectivity index (χ2n) is 6.38. The average molecular weight is 362 g/mol. The van der Waals surface area contributed by atoms with Crippen LogP contribution in [-0.2, 0) is 4.79 Å². The number of amides is 1. The molecule has 144 valence electrons. The number of nitrogens with one attached hydrogen (secondary N) is 2. The molecule has 7 heteroatoms. The first kappa shape index (κ1) is 19.9. The van der Waals surface area contributed by atoms with E-state index in [-0.39, 0.29) is 18.1 Å². The Kier molecular flexibility index (Phi) is 7.56.